The fraction of sp³-hybridized carbons (Fsp3) is 0.364. The zero-order valence-corrected chi connectivity index (χ0v) is 10.0. The summed E-state index contributed by atoms with van der Waals surface area (Å²) in [6, 6.07) is 1.06. The number of ether oxygens (including phenoxy) is 1. The van der Waals surface area contributed by atoms with Gasteiger partial charge in [-0.1, -0.05) is 11.6 Å². The number of rotatable bonds is 3. The standard InChI is InChI=1S/C11H9ClF4O2/c1-2-18-10(17)4-6-3-7(11(14,15)16)9(13)5-8(6)12/h3,5H,2,4H2,1H3. The fourth-order valence-electron chi connectivity index (χ4n) is 1.31. The van der Waals surface area contributed by atoms with Crippen molar-refractivity contribution in [1.82, 2.24) is 0 Å². The molecular weight excluding hydrogens is 276 g/mol. The summed E-state index contributed by atoms with van der Waals surface area (Å²) < 4.78 is 55.0. The lowest BCUT2D eigenvalue weighted by atomic mass is 10.1. The molecule has 0 saturated heterocycles. The SMILES string of the molecule is CCOC(=O)Cc1cc(C(F)(F)F)c(F)cc1Cl. The first-order valence-corrected chi connectivity index (χ1v) is 5.34. The van der Waals surface area contributed by atoms with Crippen LogP contribution in [0.5, 0.6) is 0 Å². The van der Waals surface area contributed by atoms with E-state index in [4.69, 9.17) is 11.6 Å². The summed E-state index contributed by atoms with van der Waals surface area (Å²) in [4.78, 5) is 11.2. The quantitative estimate of drug-likeness (QED) is 0.626. The number of hydrogen-bond donors (Lipinski definition) is 0. The van der Waals surface area contributed by atoms with Crippen LogP contribution < -0.4 is 0 Å². The molecule has 100 valence electrons. The van der Waals surface area contributed by atoms with Crippen molar-refractivity contribution in [2.24, 2.45) is 0 Å². The predicted molar refractivity (Wildman–Crippen MR) is 56.7 cm³/mol. The molecule has 0 atom stereocenters. The van der Waals surface area contributed by atoms with Gasteiger partial charge in [-0.05, 0) is 24.6 Å². The lowest BCUT2D eigenvalue weighted by Gasteiger charge is -2.11. The van der Waals surface area contributed by atoms with Crippen molar-refractivity contribution in [2.45, 2.75) is 19.5 Å². The molecule has 0 aromatic heterocycles. The molecule has 0 aliphatic rings. The van der Waals surface area contributed by atoms with Gasteiger partial charge in [0, 0.05) is 5.02 Å². The maximum atomic E-state index is 13.1. The molecule has 0 aliphatic carbocycles. The summed E-state index contributed by atoms with van der Waals surface area (Å²) in [5.41, 5.74) is -1.57. The highest BCUT2D eigenvalue weighted by molar-refractivity contribution is 6.31. The number of carbonyl (C=O) groups excluding carboxylic acids is 1. The summed E-state index contributed by atoms with van der Waals surface area (Å²) in [6.45, 7) is 1.66. The fourth-order valence-corrected chi connectivity index (χ4v) is 1.53. The molecule has 0 fully saturated rings. The molecule has 0 unspecified atom stereocenters. The van der Waals surface area contributed by atoms with Crippen LogP contribution in [0.25, 0.3) is 0 Å². The number of hydrogen-bond acceptors (Lipinski definition) is 2. The van der Waals surface area contributed by atoms with Gasteiger partial charge in [0.15, 0.2) is 0 Å². The van der Waals surface area contributed by atoms with Crippen molar-refractivity contribution in [3.8, 4) is 0 Å². The zero-order chi connectivity index (χ0) is 13.9. The van der Waals surface area contributed by atoms with Crippen LogP contribution in [0.1, 0.15) is 18.1 Å². The lowest BCUT2D eigenvalue weighted by Crippen LogP contribution is -2.12. The van der Waals surface area contributed by atoms with Gasteiger partial charge in [0.05, 0.1) is 18.6 Å². The minimum Gasteiger partial charge on any atom is -0.466 e. The highest BCUT2D eigenvalue weighted by Gasteiger charge is 2.35. The van der Waals surface area contributed by atoms with E-state index < -0.39 is 29.9 Å². The van der Waals surface area contributed by atoms with Gasteiger partial charge in [0.1, 0.15) is 5.82 Å². The van der Waals surface area contributed by atoms with Crippen LogP contribution in [-0.2, 0) is 22.1 Å². The van der Waals surface area contributed by atoms with Crippen LogP contribution in [0.4, 0.5) is 17.6 Å². The molecule has 0 saturated carbocycles. The van der Waals surface area contributed by atoms with E-state index in [2.05, 4.69) is 4.74 Å². The minimum absolute atomic E-state index is 0.101. The molecule has 0 heterocycles. The maximum absolute atomic E-state index is 13.1. The summed E-state index contributed by atoms with van der Waals surface area (Å²) in [7, 11) is 0. The van der Waals surface area contributed by atoms with E-state index >= 15 is 0 Å². The molecule has 0 N–H and O–H groups in total. The normalized spacial score (nSPS) is 11.4. The topological polar surface area (TPSA) is 26.3 Å². The average Bonchev–Trinajstić information content (AvgIpc) is 2.20. The third kappa shape index (κ3) is 3.60. The van der Waals surface area contributed by atoms with Crippen molar-refractivity contribution in [3.05, 3.63) is 34.1 Å². The second kappa shape index (κ2) is 5.56. The monoisotopic (exact) mass is 284 g/mol. The first-order chi connectivity index (χ1) is 8.25. The first kappa shape index (κ1) is 14.8. The third-order valence-electron chi connectivity index (χ3n) is 2.08. The number of halogens is 5. The first-order valence-electron chi connectivity index (χ1n) is 4.96. The Balaban J connectivity index is 3.10. The average molecular weight is 285 g/mol. The van der Waals surface area contributed by atoms with Crippen LogP contribution in [0.15, 0.2) is 12.1 Å². The van der Waals surface area contributed by atoms with E-state index in [9.17, 15) is 22.4 Å². The van der Waals surface area contributed by atoms with Crippen molar-refractivity contribution in [3.63, 3.8) is 0 Å². The second-order valence-corrected chi connectivity index (χ2v) is 3.81. The molecule has 2 nitrogen and oxygen atoms in total. The van der Waals surface area contributed by atoms with Crippen LogP contribution in [0.2, 0.25) is 5.02 Å². The highest BCUT2D eigenvalue weighted by Crippen LogP contribution is 2.34. The maximum Gasteiger partial charge on any atom is 0.419 e. The molecule has 1 aromatic rings. The van der Waals surface area contributed by atoms with Crippen molar-refractivity contribution >= 4 is 17.6 Å². The van der Waals surface area contributed by atoms with Gasteiger partial charge in [-0.25, -0.2) is 4.39 Å². The Labute approximate surface area is 105 Å². The van der Waals surface area contributed by atoms with E-state index in [1.165, 1.54) is 0 Å². The van der Waals surface area contributed by atoms with E-state index in [1.54, 1.807) is 6.92 Å². The van der Waals surface area contributed by atoms with Crippen LogP contribution in [0, 0.1) is 5.82 Å². The van der Waals surface area contributed by atoms with E-state index in [0.29, 0.717) is 12.1 Å². The van der Waals surface area contributed by atoms with Gasteiger partial charge in [-0.15, -0.1) is 0 Å². The predicted octanol–water partition coefficient (Wildman–Crippen LogP) is 3.60. The molecular formula is C11H9ClF4O2. The van der Waals surface area contributed by atoms with Crippen LogP contribution in [-0.4, -0.2) is 12.6 Å². The van der Waals surface area contributed by atoms with Gasteiger partial charge < -0.3 is 4.74 Å². The van der Waals surface area contributed by atoms with Gasteiger partial charge in [-0.2, -0.15) is 13.2 Å². The molecule has 18 heavy (non-hydrogen) atoms. The Morgan fingerprint density at radius 1 is 1.39 bits per heavy atom. The van der Waals surface area contributed by atoms with Crippen molar-refractivity contribution < 1.29 is 27.1 Å². The summed E-state index contributed by atoms with van der Waals surface area (Å²) in [6.07, 6.45) is -5.27. The van der Waals surface area contributed by atoms with Gasteiger partial charge in [0.25, 0.3) is 0 Å². The third-order valence-corrected chi connectivity index (χ3v) is 2.43. The summed E-state index contributed by atoms with van der Waals surface area (Å²) in [5, 5.41) is -0.242. The van der Waals surface area contributed by atoms with E-state index in [1.807, 2.05) is 0 Å². The Kier molecular flexibility index (Phi) is 4.56. The largest absolute Gasteiger partial charge is 0.466 e. The van der Waals surface area contributed by atoms with E-state index in [0.717, 1.165) is 0 Å². The lowest BCUT2D eigenvalue weighted by molar-refractivity contribution is -0.143. The Morgan fingerprint density at radius 3 is 2.50 bits per heavy atom. The summed E-state index contributed by atoms with van der Waals surface area (Å²) >= 11 is 5.58. The Hall–Kier alpha value is -1.30. The zero-order valence-electron chi connectivity index (χ0n) is 9.28. The van der Waals surface area contributed by atoms with Crippen molar-refractivity contribution in [2.75, 3.05) is 6.61 Å². The number of esters is 1. The van der Waals surface area contributed by atoms with Crippen molar-refractivity contribution in [1.29, 1.82) is 0 Å². The van der Waals surface area contributed by atoms with Crippen LogP contribution >= 0.6 is 11.6 Å². The summed E-state index contributed by atoms with van der Waals surface area (Å²) in [5.74, 6) is -2.20. The Morgan fingerprint density at radius 2 is 2.00 bits per heavy atom. The van der Waals surface area contributed by atoms with Gasteiger partial charge in [0.2, 0.25) is 0 Å². The van der Waals surface area contributed by atoms with Crippen LogP contribution in [0.3, 0.4) is 0 Å². The second-order valence-electron chi connectivity index (χ2n) is 3.40. The molecule has 0 aliphatic heterocycles. The van der Waals surface area contributed by atoms with Gasteiger partial charge in [-0.3, -0.25) is 4.79 Å². The molecule has 1 aromatic carbocycles. The number of carbonyl (C=O) groups is 1. The highest BCUT2D eigenvalue weighted by atomic mass is 35.5. The van der Waals surface area contributed by atoms with Gasteiger partial charge >= 0.3 is 12.1 Å². The van der Waals surface area contributed by atoms with E-state index in [-0.39, 0.29) is 17.2 Å². The molecule has 0 radical (unpaired) electrons. The molecule has 1 rings (SSSR count). The molecule has 0 bridgehead atoms. The number of benzene rings is 1. The number of alkyl halides is 3. The minimum atomic E-state index is -4.84. The smallest absolute Gasteiger partial charge is 0.419 e. The molecule has 0 amide bonds. The Bertz CT molecular complexity index is 457. The molecule has 0 spiro atoms. The molecule has 7 heteroatoms.